The van der Waals surface area contributed by atoms with E-state index in [-0.39, 0.29) is 16.6 Å². The molecule has 0 N–H and O–H groups in total. The highest BCUT2D eigenvalue weighted by Gasteiger charge is 2.39. The highest BCUT2D eigenvalue weighted by molar-refractivity contribution is 8.77. The number of ether oxygens (including phenoxy) is 1. The third kappa shape index (κ3) is 4.21. The van der Waals surface area contributed by atoms with E-state index in [1.165, 1.54) is 19.3 Å². The van der Waals surface area contributed by atoms with Gasteiger partial charge in [-0.05, 0) is 12.8 Å². The van der Waals surface area contributed by atoms with Gasteiger partial charge in [-0.15, -0.1) is 0 Å². The lowest BCUT2D eigenvalue weighted by Gasteiger charge is -2.40. The van der Waals surface area contributed by atoms with Crippen LogP contribution in [0.4, 0.5) is 0 Å². The zero-order chi connectivity index (χ0) is 12.2. The minimum atomic E-state index is -0.0681. The molecule has 0 unspecified atom stereocenters. The molecule has 0 saturated heterocycles. The SMILES string of the molecule is CC(C)SSC1(COC(=O)C(C)C)CCC1. The molecule has 1 rings (SSSR count). The van der Waals surface area contributed by atoms with E-state index in [2.05, 4.69) is 13.8 Å². The van der Waals surface area contributed by atoms with E-state index < -0.39 is 0 Å². The molecule has 0 bridgehead atoms. The Morgan fingerprint density at radius 2 is 1.94 bits per heavy atom. The summed E-state index contributed by atoms with van der Waals surface area (Å²) in [6, 6.07) is 0. The molecule has 1 fully saturated rings. The maximum Gasteiger partial charge on any atom is 0.308 e. The normalized spacial score (nSPS) is 18.6. The van der Waals surface area contributed by atoms with Crippen LogP contribution < -0.4 is 0 Å². The fraction of sp³-hybridized carbons (Fsp3) is 0.917. The molecule has 0 aliphatic heterocycles. The van der Waals surface area contributed by atoms with Crippen molar-refractivity contribution in [3.8, 4) is 0 Å². The first-order chi connectivity index (χ1) is 7.45. The molecule has 1 saturated carbocycles. The van der Waals surface area contributed by atoms with Crippen LogP contribution in [0.3, 0.4) is 0 Å². The second-order valence-electron chi connectivity index (χ2n) is 5.03. The Bertz CT molecular complexity index is 235. The zero-order valence-corrected chi connectivity index (χ0v) is 12.2. The van der Waals surface area contributed by atoms with Crippen LogP contribution in [-0.2, 0) is 9.53 Å². The third-order valence-electron chi connectivity index (χ3n) is 2.63. The first kappa shape index (κ1) is 14.2. The number of carbonyl (C=O) groups is 1. The van der Waals surface area contributed by atoms with Gasteiger partial charge in [0.1, 0.15) is 6.61 Å². The molecule has 0 atom stereocenters. The smallest absolute Gasteiger partial charge is 0.308 e. The van der Waals surface area contributed by atoms with Crippen molar-refractivity contribution >= 4 is 27.6 Å². The predicted molar refractivity (Wildman–Crippen MR) is 72.7 cm³/mol. The number of hydrogen-bond donors (Lipinski definition) is 0. The fourth-order valence-electron chi connectivity index (χ4n) is 1.39. The van der Waals surface area contributed by atoms with Gasteiger partial charge < -0.3 is 4.74 Å². The van der Waals surface area contributed by atoms with Gasteiger partial charge in [-0.3, -0.25) is 4.79 Å². The van der Waals surface area contributed by atoms with Crippen LogP contribution in [0.5, 0.6) is 0 Å². The Hall–Kier alpha value is 0.170. The summed E-state index contributed by atoms with van der Waals surface area (Å²) in [6.45, 7) is 8.75. The monoisotopic (exact) mass is 262 g/mol. The molecule has 4 heteroatoms. The zero-order valence-electron chi connectivity index (χ0n) is 10.6. The lowest BCUT2D eigenvalue weighted by molar-refractivity contribution is -0.148. The van der Waals surface area contributed by atoms with E-state index in [0.717, 1.165) is 0 Å². The van der Waals surface area contributed by atoms with Gasteiger partial charge in [0.05, 0.1) is 10.7 Å². The average Bonchev–Trinajstić information content (AvgIpc) is 2.14. The van der Waals surface area contributed by atoms with Gasteiger partial charge in [0.15, 0.2) is 0 Å². The molecule has 0 heterocycles. The highest BCUT2D eigenvalue weighted by Crippen LogP contribution is 2.50. The van der Waals surface area contributed by atoms with Crippen LogP contribution in [0.2, 0.25) is 0 Å². The van der Waals surface area contributed by atoms with Gasteiger partial charge in [-0.2, -0.15) is 0 Å². The lowest BCUT2D eigenvalue weighted by Crippen LogP contribution is -2.39. The lowest BCUT2D eigenvalue weighted by atomic mass is 9.85. The number of hydrogen-bond acceptors (Lipinski definition) is 4. The molecule has 1 aliphatic rings. The number of rotatable bonds is 6. The number of esters is 1. The maximum absolute atomic E-state index is 11.4. The molecule has 0 amide bonds. The molecule has 16 heavy (non-hydrogen) atoms. The Kier molecular flexibility index (Phi) is 5.51. The summed E-state index contributed by atoms with van der Waals surface area (Å²) in [7, 11) is 3.81. The van der Waals surface area contributed by atoms with Gasteiger partial charge in [0, 0.05) is 5.25 Å². The van der Waals surface area contributed by atoms with Crippen molar-refractivity contribution in [1.29, 1.82) is 0 Å². The first-order valence-corrected chi connectivity index (χ1v) is 8.18. The van der Waals surface area contributed by atoms with Crippen molar-refractivity contribution in [2.75, 3.05) is 6.61 Å². The van der Waals surface area contributed by atoms with Crippen LogP contribution in [0.25, 0.3) is 0 Å². The Balaban J connectivity index is 2.33. The minimum Gasteiger partial charge on any atom is -0.464 e. The fourth-order valence-corrected chi connectivity index (χ4v) is 4.18. The summed E-state index contributed by atoms with van der Waals surface area (Å²) in [5, 5.41) is 0.628. The highest BCUT2D eigenvalue weighted by atomic mass is 33.1. The average molecular weight is 262 g/mol. The largest absolute Gasteiger partial charge is 0.464 e. The van der Waals surface area contributed by atoms with Crippen LogP contribution >= 0.6 is 21.6 Å². The van der Waals surface area contributed by atoms with Crippen molar-refractivity contribution < 1.29 is 9.53 Å². The van der Waals surface area contributed by atoms with E-state index in [9.17, 15) is 4.79 Å². The molecular formula is C12H22O2S2. The quantitative estimate of drug-likeness (QED) is 0.536. The van der Waals surface area contributed by atoms with Crippen LogP contribution in [0.15, 0.2) is 0 Å². The van der Waals surface area contributed by atoms with E-state index in [1.807, 2.05) is 35.4 Å². The Labute approximate surface area is 107 Å². The molecule has 0 aromatic heterocycles. The molecule has 0 aromatic rings. The summed E-state index contributed by atoms with van der Waals surface area (Å²) in [4.78, 5) is 11.4. The minimum absolute atomic E-state index is 0.0140. The third-order valence-corrected chi connectivity index (χ3v) is 6.50. The summed E-state index contributed by atoms with van der Waals surface area (Å²) in [5.74, 6) is -0.0821. The van der Waals surface area contributed by atoms with Gasteiger partial charge >= 0.3 is 5.97 Å². The second kappa shape index (κ2) is 6.20. The molecule has 2 nitrogen and oxygen atoms in total. The molecule has 1 aliphatic carbocycles. The Morgan fingerprint density at radius 1 is 1.31 bits per heavy atom. The van der Waals surface area contributed by atoms with E-state index in [1.54, 1.807) is 0 Å². The molecule has 0 spiro atoms. The Morgan fingerprint density at radius 3 is 2.31 bits per heavy atom. The van der Waals surface area contributed by atoms with E-state index >= 15 is 0 Å². The summed E-state index contributed by atoms with van der Waals surface area (Å²) in [6.07, 6.45) is 3.64. The second-order valence-corrected chi connectivity index (χ2v) is 8.27. The van der Waals surface area contributed by atoms with Crippen molar-refractivity contribution in [3.63, 3.8) is 0 Å². The molecule has 0 radical (unpaired) electrons. The molecular weight excluding hydrogens is 240 g/mol. The summed E-state index contributed by atoms with van der Waals surface area (Å²) >= 11 is 0. The van der Waals surface area contributed by atoms with Crippen molar-refractivity contribution in [1.82, 2.24) is 0 Å². The first-order valence-electron chi connectivity index (χ1n) is 5.96. The van der Waals surface area contributed by atoms with E-state index in [4.69, 9.17) is 4.74 Å². The van der Waals surface area contributed by atoms with Gasteiger partial charge in [0.2, 0.25) is 0 Å². The van der Waals surface area contributed by atoms with Gasteiger partial charge in [-0.25, -0.2) is 0 Å². The van der Waals surface area contributed by atoms with Crippen molar-refractivity contribution in [2.24, 2.45) is 5.92 Å². The van der Waals surface area contributed by atoms with Crippen LogP contribution in [-0.4, -0.2) is 22.6 Å². The topological polar surface area (TPSA) is 26.3 Å². The molecule has 0 aromatic carbocycles. The number of carbonyl (C=O) groups excluding carboxylic acids is 1. The van der Waals surface area contributed by atoms with Gasteiger partial charge in [0.25, 0.3) is 0 Å². The van der Waals surface area contributed by atoms with Crippen molar-refractivity contribution in [2.45, 2.75) is 57.0 Å². The van der Waals surface area contributed by atoms with Crippen molar-refractivity contribution in [3.05, 3.63) is 0 Å². The predicted octanol–water partition coefficient (Wildman–Crippen LogP) is 3.90. The summed E-state index contributed by atoms with van der Waals surface area (Å²) in [5.41, 5.74) is 0. The van der Waals surface area contributed by atoms with Crippen LogP contribution in [0.1, 0.15) is 47.0 Å². The van der Waals surface area contributed by atoms with E-state index in [0.29, 0.717) is 11.9 Å². The van der Waals surface area contributed by atoms with Gasteiger partial charge in [-0.1, -0.05) is 55.7 Å². The summed E-state index contributed by atoms with van der Waals surface area (Å²) < 4.78 is 5.58. The molecule has 94 valence electrons. The van der Waals surface area contributed by atoms with Crippen LogP contribution in [0, 0.1) is 5.92 Å². The maximum atomic E-state index is 11.4. The standard InChI is InChI=1S/C12H22O2S2/c1-9(2)11(13)14-8-12(6-5-7-12)16-15-10(3)4/h9-10H,5-8H2,1-4H3.